The van der Waals surface area contributed by atoms with Crippen molar-refractivity contribution in [2.45, 2.75) is 57.8 Å². The number of fused-ring (bicyclic) bond motifs is 9. The standard InChI is InChI=1S/C55H40N2.C43H32N2.C42H31N3/c1-55(2)49-28-16-15-26-47(49)53-48(27-17-29-50(53)55)52-36-51(45-32-41(37-18-7-3-8-19-37)30-42(33-45)38-20-9-4-10-21-38)56-54(57-52)46-34-43(39-22-11-5-12-23-39)31-44(35-46)40-24-13-6-14-25-40;1-43(2)37-26-14-13-24-35(37)41-36(25-15-27-38(41)43)40-28-39(33-22-11-9-20-31(33)29-16-5-3-6-17-29)44-42(45-40)34-23-12-10-21-32(34)30-18-7-4-8-19-30;1-42(2)37-22-10-9-19-34(37)35-20-12-21-36(38(35)42)41-44-39(31-25-23-30(24-26-31)28-13-5-3-6-14-28)43-40(45-41)33-18-11-17-32(27-33)29-15-7-4-8-16-29/h3-36H,1-2H3;3-28H,1-2H3;3-27H,1-2H3. The Morgan fingerprint density at radius 3 is 0.844 bits per heavy atom. The Bertz CT molecular complexity index is 8510. The largest absolute Gasteiger partial charge is 0.228 e. The topological polar surface area (TPSA) is 90.2 Å². The molecular weight excluding hydrogens is 1780 g/mol. The number of aromatic nitrogens is 7. The molecule has 0 spiro atoms. The average molecular weight is 1880 g/mol. The molecule has 0 fully saturated rings. The van der Waals surface area contributed by atoms with Crippen molar-refractivity contribution < 1.29 is 0 Å². The Labute approximate surface area is 860 Å². The maximum absolute atomic E-state index is 5.52. The van der Waals surface area contributed by atoms with E-state index in [0.717, 1.165) is 156 Å². The summed E-state index contributed by atoms with van der Waals surface area (Å²) in [5, 5.41) is 0. The van der Waals surface area contributed by atoms with Crippen LogP contribution < -0.4 is 0 Å². The molecule has 23 aromatic rings. The van der Waals surface area contributed by atoms with Crippen molar-refractivity contribution in [1.82, 2.24) is 34.9 Å². The summed E-state index contributed by atoms with van der Waals surface area (Å²) in [6, 6.07) is 183. The van der Waals surface area contributed by atoms with Crippen LogP contribution in [0.4, 0.5) is 0 Å². The first-order valence-electron chi connectivity index (χ1n) is 50.5. The van der Waals surface area contributed by atoms with Crippen LogP contribution in [0.15, 0.2) is 516 Å². The summed E-state index contributed by atoms with van der Waals surface area (Å²) in [6.45, 7) is 13.9. The van der Waals surface area contributed by atoms with E-state index in [1.54, 1.807) is 0 Å². The van der Waals surface area contributed by atoms with Crippen molar-refractivity contribution in [2.24, 2.45) is 0 Å². The van der Waals surface area contributed by atoms with Gasteiger partial charge in [0, 0.05) is 66.3 Å². The van der Waals surface area contributed by atoms with Gasteiger partial charge in [-0.25, -0.2) is 34.9 Å². The van der Waals surface area contributed by atoms with Crippen molar-refractivity contribution in [2.75, 3.05) is 0 Å². The Kier molecular flexibility index (Phi) is 24.0. The predicted molar refractivity (Wildman–Crippen MR) is 609 cm³/mol. The average Bonchev–Trinajstić information content (AvgIpc) is 1.58. The highest BCUT2D eigenvalue weighted by Crippen LogP contribution is 2.57. The monoisotopic (exact) mass is 1880 g/mol. The van der Waals surface area contributed by atoms with Crippen LogP contribution in [0.25, 0.3) is 224 Å². The van der Waals surface area contributed by atoms with Gasteiger partial charge in [0.2, 0.25) is 0 Å². The van der Waals surface area contributed by atoms with Gasteiger partial charge in [-0.1, -0.05) is 503 Å². The molecule has 20 aromatic carbocycles. The zero-order valence-electron chi connectivity index (χ0n) is 82.7. The number of benzene rings is 20. The summed E-state index contributed by atoms with van der Waals surface area (Å²) >= 11 is 0. The Morgan fingerprint density at radius 2 is 0.374 bits per heavy atom. The predicted octanol–water partition coefficient (Wildman–Crippen LogP) is 36.1. The summed E-state index contributed by atoms with van der Waals surface area (Å²) < 4.78 is 0. The lowest BCUT2D eigenvalue weighted by Crippen LogP contribution is -2.17. The fourth-order valence-electron chi connectivity index (χ4n) is 22.2. The summed E-state index contributed by atoms with van der Waals surface area (Å²) in [7, 11) is 0. The van der Waals surface area contributed by atoms with Crippen LogP contribution in [0.3, 0.4) is 0 Å². The minimum absolute atomic E-state index is 0.0968. The molecule has 0 amide bonds. The maximum Gasteiger partial charge on any atom is 0.164 e. The number of hydrogen-bond acceptors (Lipinski definition) is 7. The number of hydrogen-bond donors (Lipinski definition) is 0. The van der Waals surface area contributed by atoms with E-state index < -0.39 is 0 Å². The molecule has 7 heteroatoms. The van der Waals surface area contributed by atoms with E-state index in [0.29, 0.717) is 29.1 Å². The van der Waals surface area contributed by atoms with Gasteiger partial charge in [0.15, 0.2) is 29.1 Å². The highest BCUT2D eigenvalue weighted by atomic mass is 15.0. The quantitative estimate of drug-likeness (QED) is 0.0897. The Balaban J connectivity index is 0.000000119. The SMILES string of the molecule is CC1(C)c2ccccc2-c2c(-c3cc(-c4cc(-c5ccccc5)cc(-c5ccccc5)c4)nc(-c4cc(-c5ccccc5)cc(-c5ccccc5)c4)n3)cccc21.CC1(C)c2ccccc2-c2c(-c3cc(-c4ccccc4-c4ccccc4)nc(-c4ccccc4-c4ccccc4)n3)cccc21.CC1(C)c2ccccc2-c2cccc(-c3nc(-c4ccc(-c5ccccc5)cc4)nc(-c4cccc(-c5ccccc5)c4)n3)c21. The molecule has 0 bridgehead atoms. The molecule has 698 valence electrons. The van der Waals surface area contributed by atoms with Crippen molar-refractivity contribution in [3.63, 3.8) is 0 Å². The fraction of sp³-hybridized carbons (Fsp3) is 0.0643. The van der Waals surface area contributed by atoms with Gasteiger partial charge >= 0.3 is 0 Å². The molecule has 0 radical (unpaired) electrons. The van der Waals surface area contributed by atoms with Gasteiger partial charge < -0.3 is 0 Å². The van der Waals surface area contributed by atoms with Crippen LogP contribution >= 0.6 is 0 Å². The normalized spacial score (nSPS) is 12.7. The molecule has 26 rings (SSSR count). The van der Waals surface area contributed by atoms with Crippen LogP contribution in [0.1, 0.15) is 74.9 Å². The van der Waals surface area contributed by atoms with Crippen molar-refractivity contribution in [1.29, 1.82) is 0 Å². The first kappa shape index (κ1) is 91.1. The molecular formula is C140H103N7. The lowest BCUT2D eigenvalue weighted by molar-refractivity contribution is 0.660. The lowest BCUT2D eigenvalue weighted by Gasteiger charge is -2.24. The summed E-state index contributed by atoms with van der Waals surface area (Å²) in [5.74, 6) is 3.40. The minimum Gasteiger partial charge on any atom is -0.228 e. The lowest BCUT2D eigenvalue weighted by atomic mass is 9.80. The molecule has 0 saturated carbocycles. The number of nitrogens with zero attached hydrogens (tertiary/aromatic N) is 7. The highest BCUT2D eigenvalue weighted by molar-refractivity contribution is 5.98. The van der Waals surface area contributed by atoms with Gasteiger partial charge in [-0.3, -0.25) is 0 Å². The first-order chi connectivity index (χ1) is 72.1. The van der Waals surface area contributed by atoms with E-state index in [1.807, 2.05) is 12.1 Å². The van der Waals surface area contributed by atoms with Crippen LogP contribution in [-0.4, -0.2) is 34.9 Å². The third kappa shape index (κ3) is 17.5. The van der Waals surface area contributed by atoms with E-state index in [9.17, 15) is 0 Å². The van der Waals surface area contributed by atoms with Crippen molar-refractivity contribution >= 4 is 0 Å². The molecule has 0 aliphatic heterocycles. The van der Waals surface area contributed by atoms with E-state index >= 15 is 0 Å². The van der Waals surface area contributed by atoms with E-state index in [2.05, 4.69) is 545 Å². The smallest absolute Gasteiger partial charge is 0.164 e. The van der Waals surface area contributed by atoms with Gasteiger partial charge in [-0.05, 0) is 210 Å². The fourth-order valence-corrected chi connectivity index (χ4v) is 22.2. The zero-order valence-corrected chi connectivity index (χ0v) is 82.7. The third-order valence-electron chi connectivity index (χ3n) is 29.5. The first-order valence-corrected chi connectivity index (χ1v) is 50.5. The molecule has 3 aliphatic carbocycles. The van der Waals surface area contributed by atoms with E-state index in [-0.39, 0.29) is 16.2 Å². The van der Waals surface area contributed by atoms with Gasteiger partial charge in [-0.2, -0.15) is 0 Å². The molecule has 0 N–H and O–H groups in total. The minimum atomic E-state index is -0.194. The van der Waals surface area contributed by atoms with E-state index in [4.69, 9.17) is 34.9 Å². The molecule has 3 aliphatic rings. The summed E-state index contributed by atoms with van der Waals surface area (Å²) in [6.07, 6.45) is 0. The zero-order chi connectivity index (χ0) is 99.1. The maximum atomic E-state index is 5.52. The summed E-state index contributed by atoms with van der Waals surface area (Å²) in [5.41, 5.74) is 46.3. The van der Waals surface area contributed by atoms with Gasteiger partial charge in [0.1, 0.15) is 0 Å². The second-order valence-electron chi connectivity index (χ2n) is 39.7. The van der Waals surface area contributed by atoms with Crippen LogP contribution in [-0.2, 0) is 16.2 Å². The van der Waals surface area contributed by atoms with E-state index in [1.165, 1.54) is 72.3 Å². The van der Waals surface area contributed by atoms with Crippen molar-refractivity contribution in [3.05, 3.63) is 549 Å². The highest BCUT2D eigenvalue weighted by Gasteiger charge is 2.41. The summed E-state index contributed by atoms with van der Waals surface area (Å²) in [4.78, 5) is 37.1. The molecule has 0 saturated heterocycles. The van der Waals surface area contributed by atoms with Gasteiger partial charge in [-0.15, -0.1) is 0 Å². The molecule has 147 heavy (non-hydrogen) atoms. The Hall–Kier alpha value is -18.4. The van der Waals surface area contributed by atoms with Crippen molar-refractivity contribution in [3.8, 4) is 224 Å². The second kappa shape index (κ2) is 38.8. The molecule has 0 atom stereocenters. The molecule has 7 nitrogen and oxygen atoms in total. The Morgan fingerprint density at radius 1 is 0.122 bits per heavy atom. The van der Waals surface area contributed by atoms with Crippen LogP contribution in [0.5, 0.6) is 0 Å². The molecule has 3 heterocycles. The van der Waals surface area contributed by atoms with Gasteiger partial charge in [0.05, 0.1) is 22.8 Å². The second-order valence-corrected chi connectivity index (χ2v) is 39.7. The molecule has 3 aromatic heterocycles. The van der Waals surface area contributed by atoms with Crippen LogP contribution in [0, 0.1) is 0 Å². The third-order valence-corrected chi connectivity index (χ3v) is 29.5. The van der Waals surface area contributed by atoms with Crippen LogP contribution in [0.2, 0.25) is 0 Å². The van der Waals surface area contributed by atoms with Gasteiger partial charge in [0.25, 0.3) is 0 Å². The molecule has 0 unspecified atom stereocenters. The number of rotatable bonds is 17.